The molecule has 6 nitrogen and oxygen atoms in total. The van der Waals surface area contributed by atoms with Gasteiger partial charge >= 0.3 is 12.0 Å². The SMILES string of the molecule is CC(C)C1CCCN(C(=O)N[C@@H](CO)C(=O)O)CC1. The maximum Gasteiger partial charge on any atom is 0.328 e. The van der Waals surface area contributed by atoms with E-state index in [0.717, 1.165) is 19.3 Å². The molecule has 1 saturated heterocycles. The van der Waals surface area contributed by atoms with Crippen LogP contribution in [-0.4, -0.2) is 52.9 Å². The number of carboxylic acids is 1. The van der Waals surface area contributed by atoms with Crippen LogP contribution in [0.3, 0.4) is 0 Å². The number of rotatable bonds is 4. The Kier molecular flexibility index (Phi) is 6.08. The van der Waals surface area contributed by atoms with Crippen molar-refractivity contribution in [2.75, 3.05) is 19.7 Å². The number of aliphatic hydroxyl groups excluding tert-OH is 1. The summed E-state index contributed by atoms with van der Waals surface area (Å²) in [5.41, 5.74) is 0. The van der Waals surface area contributed by atoms with Crippen LogP contribution in [-0.2, 0) is 4.79 Å². The second-order valence-electron chi connectivity index (χ2n) is 5.44. The summed E-state index contributed by atoms with van der Waals surface area (Å²) < 4.78 is 0. The number of carbonyl (C=O) groups is 2. The fraction of sp³-hybridized carbons (Fsp3) is 0.846. The third-order valence-electron chi connectivity index (χ3n) is 3.78. The average Bonchev–Trinajstić information content (AvgIpc) is 2.60. The van der Waals surface area contributed by atoms with Crippen LogP contribution in [0.2, 0.25) is 0 Å². The highest BCUT2D eigenvalue weighted by atomic mass is 16.4. The van der Waals surface area contributed by atoms with E-state index in [4.69, 9.17) is 10.2 Å². The number of aliphatic carboxylic acids is 1. The quantitative estimate of drug-likeness (QED) is 0.709. The summed E-state index contributed by atoms with van der Waals surface area (Å²) in [7, 11) is 0. The van der Waals surface area contributed by atoms with E-state index in [-0.39, 0.29) is 0 Å². The first-order valence-electron chi connectivity index (χ1n) is 6.84. The van der Waals surface area contributed by atoms with Crippen molar-refractivity contribution in [1.82, 2.24) is 10.2 Å². The van der Waals surface area contributed by atoms with Gasteiger partial charge in [0, 0.05) is 13.1 Å². The molecule has 0 spiro atoms. The smallest absolute Gasteiger partial charge is 0.328 e. The minimum Gasteiger partial charge on any atom is -0.480 e. The molecule has 0 aliphatic carbocycles. The summed E-state index contributed by atoms with van der Waals surface area (Å²) >= 11 is 0. The predicted octanol–water partition coefficient (Wildman–Crippen LogP) is 0.900. The third kappa shape index (κ3) is 4.70. The van der Waals surface area contributed by atoms with Crippen molar-refractivity contribution in [3.63, 3.8) is 0 Å². The van der Waals surface area contributed by atoms with Crippen molar-refractivity contribution >= 4 is 12.0 Å². The van der Waals surface area contributed by atoms with Gasteiger partial charge in [-0.15, -0.1) is 0 Å². The number of urea groups is 1. The van der Waals surface area contributed by atoms with Gasteiger partial charge in [0.1, 0.15) is 0 Å². The number of likely N-dealkylation sites (tertiary alicyclic amines) is 1. The highest BCUT2D eigenvalue weighted by molar-refractivity contribution is 5.82. The van der Waals surface area contributed by atoms with Crippen LogP contribution in [0.5, 0.6) is 0 Å². The zero-order valence-electron chi connectivity index (χ0n) is 11.6. The molecule has 0 saturated carbocycles. The minimum atomic E-state index is -1.23. The summed E-state index contributed by atoms with van der Waals surface area (Å²) in [5.74, 6) is 0.00358. The Balaban J connectivity index is 2.51. The van der Waals surface area contributed by atoms with Crippen LogP contribution in [0.4, 0.5) is 4.79 Å². The number of aliphatic hydroxyl groups is 1. The van der Waals surface area contributed by atoms with Crippen LogP contribution in [0.15, 0.2) is 0 Å². The van der Waals surface area contributed by atoms with Crippen molar-refractivity contribution in [1.29, 1.82) is 0 Å². The highest BCUT2D eigenvalue weighted by Gasteiger charge is 2.25. The maximum absolute atomic E-state index is 11.9. The van der Waals surface area contributed by atoms with Crippen LogP contribution < -0.4 is 5.32 Å². The summed E-state index contributed by atoms with van der Waals surface area (Å²) in [5, 5.41) is 20.0. The van der Waals surface area contributed by atoms with Gasteiger partial charge in [0.25, 0.3) is 0 Å². The molecule has 110 valence electrons. The van der Waals surface area contributed by atoms with E-state index in [2.05, 4.69) is 19.2 Å². The van der Waals surface area contributed by atoms with Gasteiger partial charge in [-0.1, -0.05) is 13.8 Å². The largest absolute Gasteiger partial charge is 0.480 e. The van der Waals surface area contributed by atoms with E-state index in [1.165, 1.54) is 0 Å². The lowest BCUT2D eigenvalue weighted by Crippen LogP contribution is -2.49. The van der Waals surface area contributed by atoms with Crippen LogP contribution in [0.25, 0.3) is 0 Å². The number of carbonyl (C=O) groups excluding carboxylic acids is 1. The molecule has 0 bridgehead atoms. The lowest BCUT2D eigenvalue weighted by atomic mass is 9.89. The summed E-state index contributed by atoms with van der Waals surface area (Å²) in [6.45, 7) is 5.07. The zero-order chi connectivity index (χ0) is 14.4. The van der Waals surface area contributed by atoms with Crippen molar-refractivity contribution in [3.8, 4) is 0 Å². The van der Waals surface area contributed by atoms with Gasteiger partial charge in [0.15, 0.2) is 6.04 Å². The van der Waals surface area contributed by atoms with Crippen LogP contribution >= 0.6 is 0 Å². The number of carboxylic acid groups (broad SMARTS) is 1. The third-order valence-corrected chi connectivity index (χ3v) is 3.78. The molecule has 3 N–H and O–H groups in total. The van der Waals surface area contributed by atoms with Crippen LogP contribution in [0.1, 0.15) is 33.1 Å². The van der Waals surface area contributed by atoms with E-state index in [1.54, 1.807) is 4.90 Å². The standard InChI is InChI=1S/C13H24N2O4/c1-9(2)10-4-3-6-15(7-5-10)13(19)14-11(8-16)12(17)18/h9-11,16H,3-8H2,1-2H3,(H,14,19)(H,17,18)/t10?,11-/m0/s1. The van der Waals surface area contributed by atoms with Gasteiger partial charge in [0.2, 0.25) is 0 Å². The van der Waals surface area contributed by atoms with E-state index in [0.29, 0.717) is 24.9 Å². The molecule has 2 atom stereocenters. The molecule has 0 aromatic rings. The lowest BCUT2D eigenvalue weighted by Gasteiger charge is -2.23. The Hall–Kier alpha value is -1.30. The highest BCUT2D eigenvalue weighted by Crippen LogP contribution is 2.24. The summed E-state index contributed by atoms with van der Waals surface area (Å²) in [6.07, 6.45) is 2.99. The molecule has 1 aliphatic heterocycles. The summed E-state index contributed by atoms with van der Waals surface area (Å²) in [4.78, 5) is 24.4. The van der Waals surface area contributed by atoms with Crippen molar-refractivity contribution in [3.05, 3.63) is 0 Å². The minimum absolute atomic E-state index is 0.397. The Morgan fingerprint density at radius 1 is 1.32 bits per heavy atom. The normalized spacial score (nSPS) is 21.9. The first-order valence-corrected chi connectivity index (χ1v) is 6.84. The maximum atomic E-state index is 11.9. The molecule has 1 rings (SSSR count). The molecule has 1 fully saturated rings. The van der Waals surface area contributed by atoms with Gasteiger partial charge < -0.3 is 20.4 Å². The Morgan fingerprint density at radius 2 is 2.00 bits per heavy atom. The number of nitrogens with zero attached hydrogens (tertiary/aromatic N) is 1. The molecule has 0 aromatic heterocycles. The van der Waals surface area contributed by atoms with Crippen LogP contribution in [0, 0.1) is 11.8 Å². The zero-order valence-corrected chi connectivity index (χ0v) is 11.6. The molecule has 0 aromatic carbocycles. The Labute approximate surface area is 113 Å². The molecule has 6 heteroatoms. The molecule has 1 unspecified atom stereocenters. The Bertz CT molecular complexity index is 320. The number of nitrogens with one attached hydrogen (secondary N) is 1. The van der Waals surface area contributed by atoms with Crippen molar-refractivity contribution in [2.24, 2.45) is 11.8 Å². The van der Waals surface area contributed by atoms with Gasteiger partial charge in [-0.3, -0.25) is 0 Å². The van der Waals surface area contributed by atoms with Crippen molar-refractivity contribution < 1.29 is 19.8 Å². The molecule has 1 heterocycles. The second-order valence-corrected chi connectivity index (χ2v) is 5.44. The lowest BCUT2D eigenvalue weighted by molar-refractivity contribution is -0.140. The fourth-order valence-corrected chi connectivity index (χ4v) is 2.42. The van der Waals surface area contributed by atoms with E-state index >= 15 is 0 Å². The van der Waals surface area contributed by atoms with Gasteiger partial charge in [-0.2, -0.15) is 0 Å². The van der Waals surface area contributed by atoms with E-state index < -0.39 is 24.6 Å². The van der Waals surface area contributed by atoms with E-state index in [9.17, 15) is 9.59 Å². The van der Waals surface area contributed by atoms with E-state index in [1.807, 2.05) is 0 Å². The monoisotopic (exact) mass is 272 g/mol. The predicted molar refractivity (Wildman–Crippen MR) is 70.8 cm³/mol. The fourth-order valence-electron chi connectivity index (χ4n) is 2.42. The second kappa shape index (κ2) is 7.33. The van der Waals surface area contributed by atoms with Gasteiger partial charge in [0.05, 0.1) is 6.61 Å². The Morgan fingerprint density at radius 3 is 2.53 bits per heavy atom. The van der Waals surface area contributed by atoms with Gasteiger partial charge in [-0.25, -0.2) is 9.59 Å². The molecular formula is C13H24N2O4. The molecule has 1 aliphatic rings. The number of amides is 2. The first-order chi connectivity index (χ1) is 8.95. The van der Waals surface area contributed by atoms with Crippen molar-refractivity contribution in [2.45, 2.75) is 39.2 Å². The topological polar surface area (TPSA) is 89.9 Å². The first kappa shape index (κ1) is 15.8. The van der Waals surface area contributed by atoms with Gasteiger partial charge in [-0.05, 0) is 31.1 Å². The molecule has 19 heavy (non-hydrogen) atoms. The average molecular weight is 272 g/mol. The number of hydrogen-bond donors (Lipinski definition) is 3. The summed E-state index contributed by atoms with van der Waals surface area (Å²) in [6, 6.07) is -1.62. The molecular weight excluding hydrogens is 248 g/mol. The molecule has 0 radical (unpaired) electrons. The molecule has 2 amide bonds. The number of hydrogen-bond acceptors (Lipinski definition) is 3.